The van der Waals surface area contributed by atoms with Crippen LogP contribution >= 0.6 is 0 Å². The van der Waals surface area contributed by atoms with E-state index in [1.807, 2.05) is 0 Å². The van der Waals surface area contributed by atoms with Crippen LogP contribution in [0.3, 0.4) is 0 Å². The number of alkyl halides is 3. The summed E-state index contributed by atoms with van der Waals surface area (Å²) < 4.78 is 43.0. The van der Waals surface area contributed by atoms with Crippen LogP contribution in [0.4, 0.5) is 13.2 Å². The van der Waals surface area contributed by atoms with Crippen molar-refractivity contribution in [2.45, 2.75) is 30.5 Å². The van der Waals surface area contributed by atoms with Crippen LogP contribution in [0.1, 0.15) is 40.2 Å². The first-order valence-corrected chi connectivity index (χ1v) is 10.2. The van der Waals surface area contributed by atoms with E-state index < -0.39 is 23.6 Å². The van der Waals surface area contributed by atoms with Crippen molar-refractivity contribution in [3.05, 3.63) is 71.8 Å². The summed E-state index contributed by atoms with van der Waals surface area (Å²) in [6.45, 7) is 1.14. The second-order valence-corrected chi connectivity index (χ2v) is 8.20. The summed E-state index contributed by atoms with van der Waals surface area (Å²) in [6, 6.07) is 2.85. The zero-order chi connectivity index (χ0) is 21.8. The number of amides is 1. The van der Waals surface area contributed by atoms with Gasteiger partial charge in [-0.15, -0.1) is 0 Å². The summed E-state index contributed by atoms with van der Waals surface area (Å²) in [7, 11) is 0. The van der Waals surface area contributed by atoms with Gasteiger partial charge in [0.1, 0.15) is 6.33 Å². The first-order valence-electron chi connectivity index (χ1n) is 10.2. The molecule has 8 heteroatoms. The number of nitrogens with zero attached hydrogens (tertiary/aromatic N) is 3. The quantitative estimate of drug-likeness (QED) is 0.788. The van der Waals surface area contributed by atoms with Crippen LogP contribution < -0.4 is 0 Å². The number of allylic oxidation sites excluding steroid dienone is 3. The Labute approximate surface area is 176 Å². The van der Waals surface area contributed by atoms with Crippen molar-refractivity contribution in [2.75, 3.05) is 13.1 Å². The fourth-order valence-corrected chi connectivity index (χ4v) is 5.03. The molecule has 1 fully saturated rings. The molecule has 3 unspecified atom stereocenters. The van der Waals surface area contributed by atoms with Gasteiger partial charge in [-0.3, -0.25) is 4.79 Å². The largest absolute Gasteiger partial charge is 0.422 e. The van der Waals surface area contributed by atoms with E-state index in [1.165, 1.54) is 36.9 Å². The van der Waals surface area contributed by atoms with Crippen LogP contribution in [0.15, 0.2) is 55.2 Å². The minimum absolute atomic E-state index is 0.133. The van der Waals surface area contributed by atoms with Gasteiger partial charge in [0.05, 0.1) is 0 Å². The molecule has 2 aliphatic carbocycles. The van der Waals surface area contributed by atoms with E-state index in [0.29, 0.717) is 29.8 Å². The Balaban J connectivity index is 1.79. The lowest BCUT2D eigenvalue weighted by Crippen LogP contribution is -2.46. The van der Waals surface area contributed by atoms with Crippen molar-refractivity contribution >= 4 is 5.91 Å². The molecule has 5 nitrogen and oxygen atoms in total. The molecule has 0 radical (unpaired) electrons. The highest BCUT2D eigenvalue weighted by Gasteiger charge is 2.65. The first-order chi connectivity index (χ1) is 14.8. The van der Waals surface area contributed by atoms with Gasteiger partial charge < -0.3 is 10.0 Å². The number of fused-ring (bicyclic) bond motifs is 3. The van der Waals surface area contributed by atoms with Crippen molar-refractivity contribution < 1.29 is 23.1 Å². The Bertz CT molecular complexity index is 1090. The topological polar surface area (TPSA) is 66.3 Å². The third-order valence-electron chi connectivity index (χ3n) is 6.49. The van der Waals surface area contributed by atoms with Gasteiger partial charge in [-0.25, -0.2) is 9.97 Å². The number of aromatic nitrogens is 2. The van der Waals surface area contributed by atoms with E-state index in [4.69, 9.17) is 0 Å². The number of aliphatic hydroxyl groups is 1. The molecule has 1 saturated heterocycles. The van der Waals surface area contributed by atoms with Crippen LogP contribution in [0, 0.1) is 5.92 Å². The molecule has 31 heavy (non-hydrogen) atoms. The standard InChI is InChI=1S/C23H20F3N3O2/c24-23(25,26)22(31)18-6-2-1-5-16(18)20-17(15-11-27-13-28-12-15)9-14(10-19(20)22)21(30)29-7-3-4-8-29/h1-2,5-6,9-13,16,18,31H,3-4,7-8H2. The van der Waals surface area contributed by atoms with Gasteiger partial charge in [0.25, 0.3) is 5.91 Å². The lowest BCUT2D eigenvalue weighted by atomic mass is 9.80. The number of halogens is 3. The predicted molar refractivity (Wildman–Crippen MR) is 107 cm³/mol. The van der Waals surface area contributed by atoms with Crippen LogP contribution in [-0.4, -0.2) is 45.1 Å². The van der Waals surface area contributed by atoms with Gasteiger partial charge in [-0.05, 0) is 41.7 Å². The molecule has 1 aliphatic heterocycles. The molecular weight excluding hydrogens is 407 g/mol. The summed E-state index contributed by atoms with van der Waals surface area (Å²) in [5, 5.41) is 11.2. The minimum Gasteiger partial charge on any atom is -0.376 e. The van der Waals surface area contributed by atoms with Crippen molar-refractivity contribution in [1.82, 2.24) is 14.9 Å². The highest BCUT2D eigenvalue weighted by molar-refractivity contribution is 5.97. The highest BCUT2D eigenvalue weighted by atomic mass is 19.4. The number of carbonyl (C=O) groups excluding carboxylic acids is 1. The summed E-state index contributed by atoms with van der Waals surface area (Å²) >= 11 is 0. The lowest BCUT2D eigenvalue weighted by molar-refractivity contribution is -0.278. The van der Waals surface area contributed by atoms with Crippen molar-refractivity contribution in [3.63, 3.8) is 0 Å². The van der Waals surface area contributed by atoms with E-state index in [1.54, 1.807) is 23.1 Å². The van der Waals surface area contributed by atoms with Gasteiger partial charge in [-0.2, -0.15) is 13.2 Å². The molecule has 0 spiro atoms. The summed E-state index contributed by atoms with van der Waals surface area (Å²) in [4.78, 5) is 22.8. The zero-order valence-corrected chi connectivity index (χ0v) is 16.5. The van der Waals surface area contributed by atoms with E-state index in [-0.39, 0.29) is 17.0 Å². The van der Waals surface area contributed by atoms with Gasteiger partial charge in [0.15, 0.2) is 5.60 Å². The number of likely N-dealkylation sites (tertiary alicyclic amines) is 1. The Morgan fingerprint density at radius 3 is 2.45 bits per heavy atom. The number of hydrogen-bond donors (Lipinski definition) is 1. The molecule has 0 bridgehead atoms. The minimum atomic E-state index is -4.92. The van der Waals surface area contributed by atoms with Crippen LogP contribution in [0.2, 0.25) is 0 Å². The third kappa shape index (κ3) is 2.92. The Hall–Kier alpha value is -3.00. The van der Waals surface area contributed by atoms with Crippen LogP contribution in [0.5, 0.6) is 0 Å². The highest BCUT2D eigenvalue weighted by Crippen LogP contribution is 2.60. The van der Waals surface area contributed by atoms with Gasteiger partial charge in [0, 0.05) is 48.4 Å². The Morgan fingerprint density at radius 1 is 1.10 bits per heavy atom. The van der Waals surface area contributed by atoms with E-state index in [0.717, 1.165) is 12.8 Å². The van der Waals surface area contributed by atoms with E-state index >= 15 is 0 Å². The monoisotopic (exact) mass is 427 g/mol. The van der Waals surface area contributed by atoms with Gasteiger partial charge in [-0.1, -0.05) is 24.3 Å². The molecule has 1 amide bonds. The maximum Gasteiger partial charge on any atom is 0.422 e. The maximum atomic E-state index is 14.3. The van der Waals surface area contributed by atoms with Crippen molar-refractivity contribution in [2.24, 2.45) is 5.92 Å². The van der Waals surface area contributed by atoms with Crippen LogP contribution in [0.25, 0.3) is 11.1 Å². The molecule has 2 heterocycles. The number of carbonyl (C=O) groups is 1. The average Bonchev–Trinajstić information content (AvgIpc) is 3.40. The third-order valence-corrected chi connectivity index (χ3v) is 6.49. The number of hydrogen-bond acceptors (Lipinski definition) is 4. The SMILES string of the molecule is O=C(c1cc(-c2cncnc2)c2c(c1)C(O)(C(F)(F)F)C1C=CC=CC21)N1CCCC1. The molecule has 1 aromatic carbocycles. The second kappa shape index (κ2) is 7.02. The summed E-state index contributed by atoms with van der Waals surface area (Å²) in [5.74, 6) is -2.23. The fourth-order valence-electron chi connectivity index (χ4n) is 5.03. The molecule has 3 atom stereocenters. The molecule has 5 rings (SSSR count). The fraction of sp³-hybridized carbons (Fsp3) is 0.348. The average molecular weight is 427 g/mol. The molecule has 160 valence electrons. The van der Waals surface area contributed by atoms with Gasteiger partial charge in [0.2, 0.25) is 0 Å². The molecule has 0 saturated carbocycles. The second-order valence-electron chi connectivity index (χ2n) is 8.20. The summed E-state index contributed by atoms with van der Waals surface area (Å²) in [5.41, 5.74) is -1.93. The van der Waals surface area contributed by atoms with Gasteiger partial charge >= 0.3 is 6.18 Å². The zero-order valence-electron chi connectivity index (χ0n) is 16.5. The van der Waals surface area contributed by atoms with Crippen molar-refractivity contribution in [1.29, 1.82) is 0 Å². The maximum absolute atomic E-state index is 14.3. The first kappa shape index (κ1) is 19.9. The number of rotatable bonds is 2. The van der Waals surface area contributed by atoms with E-state index in [2.05, 4.69) is 9.97 Å². The normalized spacial score (nSPS) is 26.8. The molecule has 1 N–H and O–H groups in total. The molecule has 2 aromatic rings. The predicted octanol–water partition coefficient (Wildman–Crippen LogP) is 3.97. The molecule has 1 aromatic heterocycles. The Morgan fingerprint density at radius 2 is 1.77 bits per heavy atom. The number of benzene rings is 1. The smallest absolute Gasteiger partial charge is 0.376 e. The molecular formula is C23H20F3N3O2. The van der Waals surface area contributed by atoms with Crippen molar-refractivity contribution in [3.8, 4) is 11.1 Å². The van der Waals surface area contributed by atoms with Crippen LogP contribution in [-0.2, 0) is 5.60 Å². The summed E-state index contributed by atoms with van der Waals surface area (Å²) in [6.07, 6.45) is 7.42. The molecule has 3 aliphatic rings. The Kier molecular flexibility index (Phi) is 4.51. The lowest BCUT2D eigenvalue weighted by Gasteiger charge is -2.33. The van der Waals surface area contributed by atoms with E-state index in [9.17, 15) is 23.1 Å².